The minimum atomic E-state index is -0.857. The molecular formula is C12H24O4. The van der Waals surface area contributed by atoms with Crippen molar-refractivity contribution < 1.29 is 20.1 Å². The fourth-order valence-electron chi connectivity index (χ4n) is 1.63. The van der Waals surface area contributed by atoms with E-state index in [0.29, 0.717) is 19.3 Å². The summed E-state index contributed by atoms with van der Waals surface area (Å²) in [4.78, 5) is 10.3. The predicted molar refractivity (Wildman–Crippen MR) is 62.3 cm³/mol. The van der Waals surface area contributed by atoms with E-state index in [1.165, 1.54) is 0 Å². The summed E-state index contributed by atoms with van der Waals surface area (Å²) in [6.45, 7) is 2.12. The van der Waals surface area contributed by atoms with Gasteiger partial charge in [-0.15, -0.1) is 0 Å². The Hall–Kier alpha value is -0.610. The third-order valence-electron chi connectivity index (χ3n) is 2.69. The first kappa shape index (κ1) is 15.4. The minimum Gasteiger partial charge on any atom is -0.481 e. The highest BCUT2D eigenvalue weighted by Gasteiger charge is 2.15. The number of carboxylic acid groups (broad SMARTS) is 1. The van der Waals surface area contributed by atoms with Gasteiger partial charge in [0, 0.05) is 6.42 Å². The third-order valence-corrected chi connectivity index (χ3v) is 2.69. The van der Waals surface area contributed by atoms with Crippen LogP contribution in [0.2, 0.25) is 0 Å². The molecule has 0 aromatic rings. The molecule has 0 heterocycles. The molecule has 0 fully saturated rings. The first-order valence-electron chi connectivity index (χ1n) is 6.15. The summed E-state index contributed by atoms with van der Waals surface area (Å²) in [6, 6.07) is 0. The summed E-state index contributed by atoms with van der Waals surface area (Å²) in [6.07, 6.45) is 4.27. The molecule has 4 nitrogen and oxygen atoms in total. The molecule has 0 aliphatic carbocycles. The van der Waals surface area contributed by atoms with Gasteiger partial charge in [-0.1, -0.05) is 32.6 Å². The van der Waals surface area contributed by atoms with Crippen molar-refractivity contribution in [1.29, 1.82) is 0 Å². The molecule has 0 radical (unpaired) electrons. The number of carbonyl (C=O) groups is 1. The summed E-state index contributed by atoms with van der Waals surface area (Å²) >= 11 is 0. The second-order valence-electron chi connectivity index (χ2n) is 4.27. The first-order chi connectivity index (χ1) is 7.57. The van der Waals surface area contributed by atoms with Gasteiger partial charge in [-0.2, -0.15) is 0 Å². The Morgan fingerprint density at radius 2 is 1.56 bits per heavy atom. The van der Waals surface area contributed by atoms with Crippen LogP contribution in [-0.4, -0.2) is 33.5 Å². The van der Waals surface area contributed by atoms with E-state index in [2.05, 4.69) is 6.92 Å². The van der Waals surface area contributed by atoms with Gasteiger partial charge in [-0.05, 0) is 19.3 Å². The van der Waals surface area contributed by atoms with Crippen LogP contribution in [0.5, 0.6) is 0 Å². The molecular weight excluding hydrogens is 208 g/mol. The molecule has 96 valence electrons. The van der Waals surface area contributed by atoms with Crippen molar-refractivity contribution >= 4 is 5.97 Å². The topological polar surface area (TPSA) is 77.8 Å². The zero-order chi connectivity index (χ0) is 12.4. The molecule has 16 heavy (non-hydrogen) atoms. The number of aliphatic carboxylic acids is 1. The van der Waals surface area contributed by atoms with Gasteiger partial charge >= 0.3 is 5.97 Å². The fourth-order valence-corrected chi connectivity index (χ4v) is 1.63. The highest BCUT2D eigenvalue weighted by Crippen LogP contribution is 2.12. The van der Waals surface area contributed by atoms with E-state index in [0.717, 1.165) is 25.7 Å². The van der Waals surface area contributed by atoms with Gasteiger partial charge in [0.25, 0.3) is 0 Å². The maximum Gasteiger partial charge on any atom is 0.303 e. The van der Waals surface area contributed by atoms with Crippen LogP contribution in [0.4, 0.5) is 0 Å². The molecule has 0 aliphatic heterocycles. The van der Waals surface area contributed by atoms with Crippen molar-refractivity contribution in [3.63, 3.8) is 0 Å². The van der Waals surface area contributed by atoms with Gasteiger partial charge in [0.15, 0.2) is 0 Å². The SMILES string of the molecule is CCCCCC[C@H](O)[C@@H](O)CCCC(=O)O. The summed E-state index contributed by atoms with van der Waals surface area (Å²) in [5.41, 5.74) is 0. The van der Waals surface area contributed by atoms with Crippen molar-refractivity contribution in [2.75, 3.05) is 0 Å². The van der Waals surface area contributed by atoms with Crippen molar-refractivity contribution in [2.45, 2.75) is 70.5 Å². The predicted octanol–water partition coefficient (Wildman–Crippen LogP) is 1.93. The normalized spacial score (nSPS) is 14.7. The summed E-state index contributed by atoms with van der Waals surface area (Å²) in [5, 5.41) is 27.6. The largest absolute Gasteiger partial charge is 0.481 e. The third kappa shape index (κ3) is 8.68. The Balaban J connectivity index is 3.48. The number of rotatable bonds is 10. The van der Waals surface area contributed by atoms with E-state index in [9.17, 15) is 15.0 Å². The molecule has 0 aromatic carbocycles. The van der Waals surface area contributed by atoms with Crippen LogP contribution in [0.1, 0.15) is 58.3 Å². The van der Waals surface area contributed by atoms with Crippen LogP contribution in [0.25, 0.3) is 0 Å². The number of aliphatic hydroxyl groups is 2. The zero-order valence-electron chi connectivity index (χ0n) is 10.1. The van der Waals surface area contributed by atoms with Crippen molar-refractivity contribution in [2.24, 2.45) is 0 Å². The van der Waals surface area contributed by atoms with Crippen LogP contribution in [0.15, 0.2) is 0 Å². The van der Waals surface area contributed by atoms with Gasteiger partial charge in [-0.3, -0.25) is 4.79 Å². The van der Waals surface area contributed by atoms with Crippen LogP contribution in [0, 0.1) is 0 Å². The Morgan fingerprint density at radius 1 is 1.00 bits per heavy atom. The monoisotopic (exact) mass is 232 g/mol. The lowest BCUT2D eigenvalue weighted by Gasteiger charge is -2.17. The lowest BCUT2D eigenvalue weighted by Crippen LogP contribution is -2.25. The number of hydrogen-bond donors (Lipinski definition) is 3. The molecule has 0 spiro atoms. The number of hydrogen-bond acceptors (Lipinski definition) is 3. The standard InChI is InChI=1S/C12H24O4/c1-2-3-4-5-7-10(13)11(14)8-6-9-12(15)16/h10-11,13-14H,2-9H2,1H3,(H,15,16)/t10-,11-/m0/s1. The van der Waals surface area contributed by atoms with Gasteiger partial charge in [0.1, 0.15) is 0 Å². The number of unbranched alkanes of at least 4 members (excludes halogenated alkanes) is 3. The summed E-state index contributed by atoms with van der Waals surface area (Å²) in [5.74, 6) is -0.857. The average molecular weight is 232 g/mol. The highest BCUT2D eigenvalue weighted by atomic mass is 16.4. The molecule has 0 saturated heterocycles. The van der Waals surface area contributed by atoms with Gasteiger partial charge < -0.3 is 15.3 Å². The van der Waals surface area contributed by atoms with Gasteiger partial charge in [-0.25, -0.2) is 0 Å². The summed E-state index contributed by atoms with van der Waals surface area (Å²) < 4.78 is 0. The molecule has 0 bridgehead atoms. The first-order valence-corrected chi connectivity index (χ1v) is 6.15. The van der Waals surface area contributed by atoms with Crippen LogP contribution in [-0.2, 0) is 4.79 Å². The van der Waals surface area contributed by atoms with E-state index in [4.69, 9.17) is 5.11 Å². The molecule has 4 heteroatoms. The number of aliphatic hydroxyl groups excluding tert-OH is 2. The van der Waals surface area contributed by atoms with E-state index in [1.54, 1.807) is 0 Å². The highest BCUT2D eigenvalue weighted by molar-refractivity contribution is 5.66. The second kappa shape index (κ2) is 9.60. The van der Waals surface area contributed by atoms with Crippen molar-refractivity contribution in [1.82, 2.24) is 0 Å². The van der Waals surface area contributed by atoms with Crippen molar-refractivity contribution in [3.05, 3.63) is 0 Å². The van der Waals surface area contributed by atoms with Crippen LogP contribution < -0.4 is 0 Å². The van der Waals surface area contributed by atoms with E-state index in [1.807, 2.05) is 0 Å². The van der Waals surface area contributed by atoms with Crippen molar-refractivity contribution in [3.8, 4) is 0 Å². The summed E-state index contributed by atoms with van der Waals surface area (Å²) in [7, 11) is 0. The number of carboxylic acids is 1. The Labute approximate surface area is 97.3 Å². The molecule has 0 rings (SSSR count). The van der Waals surface area contributed by atoms with Gasteiger partial charge in [0.2, 0.25) is 0 Å². The lowest BCUT2D eigenvalue weighted by atomic mass is 10.0. The smallest absolute Gasteiger partial charge is 0.303 e. The minimum absolute atomic E-state index is 0.0552. The van der Waals surface area contributed by atoms with Crippen LogP contribution in [0.3, 0.4) is 0 Å². The molecule has 0 amide bonds. The lowest BCUT2D eigenvalue weighted by molar-refractivity contribution is -0.137. The Kier molecular flexibility index (Phi) is 9.24. The maximum absolute atomic E-state index is 10.3. The molecule has 0 aliphatic rings. The van der Waals surface area contributed by atoms with E-state index in [-0.39, 0.29) is 6.42 Å². The molecule has 2 atom stereocenters. The van der Waals surface area contributed by atoms with E-state index < -0.39 is 18.2 Å². The maximum atomic E-state index is 10.3. The quantitative estimate of drug-likeness (QED) is 0.503. The van der Waals surface area contributed by atoms with Crippen LogP contribution >= 0.6 is 0 Å². The fraction of sp³-hybridized carbons (Fsp3) is 0.917. The second-order valence-corrected chi connectivity index (χ2v) is 4.27. The Bertz CT molecular complexity index is 182. The van der Waals surface area contributed by atoms with Gasteiger partial charge in [0.05, 0.1) is 12.2 Å². The molecule has 0 unspecified atom stereocenters. The van der Waals surface area contributed by atoms with E-state index >= 15 is 0 Å². The molecule has 3 N–H and O–H groups in total. The average Bonchev–Trinajstić information content (AvgIpc) is 2.23. The molecule has 0 saturated carbocycles. The molecule has 0 aromatic heterocycles. The Morgan fingerprint density at radius 3 is 2.06 bits per heavy atom. The zero-order valence-corrected chi connectivity index (χ0v) is 10.1.